The molecule has 0 aromatic rings. The van der Waals surface area contributed by atoms with E-state index in [0.29, 0.717) is 5.54 Å². The van der Waals surface area contributed by atoms with Gasteiger partial charge in [0.2, 0.25) is 0 Å². The molecule has 0 aliphatic rings. The first-order valence-corrected chi connectivity index (χ1v) is 8.87. The molecule has 0 radical (unpaired) electrons. The third-order valence-corrected chi connectivity index (χ3v) is 4.01. The molecule has 0 heterocycles. The standard InChI is InChI=1S/C18H39N/c1-5-7-8-9-10-11-12-13-14-15-17-19-18(3,4)16-6-2/h19H,5-17H2,1-4H3. The fourth-order valence-corrected chi connectivity index (χ4v) is 2.75. The van der Waals surface area contributed by atoms with Crippen LogP contribution in [-0.4, -0.2) is 12.1 Å². The maximum atomic E-state index is 3.69. The van der Waals surface area contributed by atoms with Crippen LogP contribution in [0.3, 0.4) is 0 Å². The average molecular weight is 270 g/mol. The topological polar surface area (TPSA) is 12.0 Å². The SMILES string of the molecule is CCCCCCCCCCCCNC(C)(C)CCC. The highest BCUT2D eigenvalue weighted by molar-refractivity contribution is 4.76. The van der Waals surface area contributed by atoms with Gasteiger partial charge in [-0.15, -0.1) is 0 Å². The monoisotopic (exact) mass is 269 g/mol. The fraction of sp³-hybridized carbons (Fsp3) is 1.00. The molecule has 1 N–H and O–H groups in total. The van der Waals surface area contributed by atoms with Gasteiger partial charge in [0.15, 0.2) is 0 Å². The number of hydrogen-bond acceptors (Lipinski definition) is 1. The Kier molecular flexibility index (Phi) is 12.9. The van der Waals surface area contributed by atoms with E-state index in [1.165, 1.54) is 83.6 Å². The van der Waals surface area contributed by atoms with E-state index in [1.807, 2.05) is 0 Å². The van der Waals surface area contributed by atoms with E-state index in [0.717, 1.165) is 0 Å². The number of hydrogen-bond donors (Lipinski definition) is 1. The van der Waals surface area contributed by atoms with E-state index in [1.54, 1.807) is 0 Å². The lowest BCUT2D eigenvalue weighted by Gasteiger charge is -2.25. The van der Waals surface area contributed by atoms with Gasteiger partial charge in [-0.1, -0.05) is 78.1 Å². The van der Waals surface area contributed by atoms with Gasteiger partial charge in [0.1, 0.15) is 0 Å². The predicted octanol–water partition coefficient (Wildman–Crippen LogP) is 6.08. The third kappa shape index (κ3) is 14.2. The zero-order chi connectivity index (χ0) is 14.4. The Morgan fingerprint density at radius 3 is 1.58 bits per heavy atom. The summed E-state index contributed by atoms with van der Waals surface area (Å²) >= 11 is 0. The summed E-state index contributed by atoms with van der Waals surface area (Å²) in [6.45, 7) is 10.4. The maximum absolute atomic E-state index is 3.69. The molecule has 1 heteroatoms. The summed E-state index contributed by atoms with van der Waals surface area (Å²) in [7, 11) is 0. The fourth-order valence-electron chi connectivity index (χ4n) is 2.75. The van der Waals surface area contributed by atoms with Crippen LogP contribution in [0.4, 0.5) is 0 Å². The van der Waals surface area contributed by atoms with Crippen molar-refractivity contribution >= 4 is 0 Å². The lowest BCUT2D eigenvalue weighted by Crippen LogP contribution is -2.39. The highest BCUT2D eigenvalue weighted by atomic mass is 14.9. The molecule has 0 aliphatic heterocycles. The zero-order valence-electron chi connectivity index (χ0n) is 14.2. The number of rotatable bonds is 14. The van der Waals surface area contributed by atoms with E-state index in [9.17, 15) is 0 Å². The Morgan fingerprint density at radius 2 is 1.11 bits per heavy atom. The molecule has 0 unspecified atom stereocenters. The van der Waals surface area contributed by atoms with Gasteiger partial charge in [-0.2, -0.15) is 0 Å². The van der Waals surface area contributed by atoms with Crippen LogP contribution in [0.1, 0.15) is 105 Å². The molecule has 0 aromatic carbocycles. The maximum Gasteiger partial charge on any atom is 0.0125 e. The zero-order valence-corrected chi connectivity index (χ0v) is 14.2. The summed E-state index contributed by atoms with van der Waals surface area (Å²) < 4.78 is 0. The van der Waals surface area contributed by atoms with E-state index < -0.39 is 0 Å². The lowest BCUT2D eigenvalue weighted by atomic mass is 9.98. The van der Waals surface area contributed by atoms with Gasteiger partial charge in [0.25, 0.3) is 0 Å². The molecular weight excluding hydrogens is 230 g/mol. The van der Waals surface area contributed by atoms with E-state index in [2.05, 4.69) is 33.0 Å². The molecule has 0 fully saturated rings. The van der Waals surface area contributed by atoms with Crippen molar-refractivity contribution < 1.29 is 0 Å². The molecule has 0 bridgehead atoms. The van der Waals surface area contributed by atoms with Crippen molar-refractivity contribution in [2.24, 2.45) is 0 Å². The smallest absolute Gasteiger partial charge is 0.0125 e. The van der Waals surface area contributed by atoms with Crippen LogP contribution in [0.15, 0.2) is 0 Å². The molecule has 19 heavy (non-hydrogen) atoms. The highest BCUT2D eigenvalue weighted by Crippen LogP contribution is 2.12. The van der Waals surface area contributed by atoms with Gasteiger partial charge >= 0.3 is 0 Å². The summed E-state index contributed by atoms with van der Waals surface area (Å²) in [5.41, 5.74) is 0.341. The minimum Gasteiger partial charge on any atom is -0.312 e. The molecule has 1 nitrogen and oxygen atoms in total. The van der Waals surface area contributed by atoms with E-state index in [-0.39, 0.29) is 0 Å². The summed E-state index contributed by atoms with van der Waals surface area (Å²) in [4.78, 5) is 0. The summed E-state index contributed by atoms with van der Waals surface area (Å²) in [6, 6.07) is 0. The van der Waals surface area contributed by atoms with Crippen molar-refractivity contribution in [3.63, 3.8) is 0 Å². The van der Waals surface area contributed by atoms with Crippen LogP contribution in [0.5, 0.6) is 0 Å². The van der Waals surface area contributed by atoms with Crippen LogP contribution < -0.4 is 5.32 Å². The van der Waals surface area contributed by atoms with Gasteiger partial charge < -0.3 is 5.32 Å². The Morgan fingerprint density at radius 1 is 0.632 bits per heavy atom. The third-order valence-electron chi connectivity index (χ3n) is 4.01. The summed E-state index contributed by atoms with van der Waals surface area (Å²) in [5, 5.41) is 3.69. The molecular formula is C18H39N. The van der Waals surface area contributed by atoms with Crippen LogP contribution in [0.25, 0.3) is 0 Å². The first kappa shape index (κ1) is 19.0. The van der Waals surface area contributed by atoms with Crippen molar-refractivity contribution in [1.82, 2.24) is 5.32 Å². The number of nitrogens with one attached hydrogen (secondary N) is 1. The normalized spacial score (nSPS) is 12.0. The largest absolute Gasteiger partial charge is 0.312 e. The molecule has 0 aromatic heterocycles. The van der Waals surface area contributed by atoms with Crippen LogP contribution in [0, 0.1) is 0 Å². The molecule has 0 spiro atoms. The second-order valence-corrected chi connectivity index (χ2v) is 6.74. The van der Waals surface area contributed by atoms with Gasteiger partial charge in [-0.05, 0) is 33.2 Å². The van der Waals surface area contributed by atoms with Gasteiger partial charge in [-0.25, -0.2) is 0 Å². The second kappa shape index (κ2) is 13.0. The van der Waals surface area contributed by atoms with E-state index >= 15 is 0 Å². The van der Waals surface area contributed by atoms with Crippen LogP contribution in [0.2, 0.25) is 0 Å². The highest BCUT2D eigenvalue weighted by Gasteiger charge is 2.14. The molecule has 0 amide bonds. The van der Waals surface area contributed by atoms with Crippen LogP contribution in [-0.2, 0) is 0 Å². The molecule has 0 rings (SSSR count). The minimum atomic E-state index is 0.341. The van der Waals surface area contributed by atoms with Crippen molar-refractivity contribution in [1.29, 1.82) is 0 Å². The lowest BCUT2D eigenvalue weighted by molar-refractivity contribution is 0.354. The Bertz CT molecular complexity index is 175. The van der Waals surface area contributed by atoms with Crippen molar-refractivity contribution in [2.75, 3.05) is 6.54 Å². The second-order valence-electron chi connectivity index (χ2n) is 6.74. The van der Waals surface area contributed by atoms with Gasteiger partial charge in [0, 0.05) is 5.54 Å². The quantitative estimate of drug-likeness (QED) is 0.377. The molecule has 0 saturated carbocycles. The minimum absolute atomic E-state index is 0.341. The predicted molar refractivity (Wildman–Crippen MR) is 88.8 cm³/mol. The van der Waals surface area contributed by atoms with Gasteiger partial charge in [0.05, 0.1) is 0 Å². The Labute approximate surface area is 122 Å². The molecule has 0 aliphatic carbocycles. The molecule has 0 atom stereocenters. The first-order valence-electron chi connectivity index (χ1n) is 8.87. The van der Waals surface area contributed by atoms with E-state index in [4.69, 9.17) is 0 Å². The summed E-state index contributed by atoms with van der Waals surface area (Å²) in [6.07, 6.45) is 16.8. The number of unbranched alkanes of at least 4 members (excludes halogenated alkanes) is 9. The molecule has 0 saturated heterocycles. The Hall–Kier alpha value is -0.0400. The van der Waals surface area contributed by atoms with Crippen LogP contribution >= 0.6 is 0 Å². The van der Waals surface area contributed by atoms with Gasteiger partial charge in [-0.3, -0.25) is 0 Å². The van der Waals surface area contributed by atoms with Crippen molar-refractivity contribution in [2.45, 2.75) is 110 Å². The van der Waals surface area contributed by atoms with Crippen molar-refractivity contribution in [3.05, 3.63) is 0 Å². The van der Waals surface area contributed by atoms with Crippen molar-refractivity contribution in [3.8, 4) is 0 Å². The summed E-state index contributed by atoms with van der Waals surface area (Å²) in [5.74, 6) is 0. The molecule has 116 valence electrons. The average Bonchev–Trinajstić information content (AvgIpc) is 2.36. The first-order chi connectivity index (χ1) is 9.12. The Balaban J connectivity index is 3.14.